The highest BCUT2D eigenvalue weighted by atomic mass is 16.5. The molecule has 4 heteroatoms. The smallest absolute Gasteiger partial charge is 0.163 e. The number of nitrogens with zero attached hydrogens (tertiary/aromatic N) is 1. The van der Waals surface area contributed by atoms with E-state index in [1.807, 2.05) is 27.7 Å². The number of aliphatic hydroxyl groups is 1. The van der Waals surface area contributed by atoms with Gasteiger partial charge in [0.1, 0.15) is 5.54 Å². The number of carbonyl (C=O) groups is 1. The largest absolute Gasteiger partial charge is 0.394 e. The van der Waals surface area contributed by atoms with Crippen molar-refractivity contribution in [2.45, 2.75) is 51.7 Å². The third-order valence-corrected chi connectivity index (χ3v) is 4.45. The van der Waals surface area contributed by atoms with Crippen molar-refractivity contribution in [3.63, 3.8) is 0 Å². The van der Waals surface area contributed by atoms with Crippen molar-refractivity contribution >= 4 is 5.78 Å². The summed E-state index contributed by atoms with van der Waals surface area (Å²) in [7, 11) is 0. The van der Waals surface area contributed by atoms with Gasteiger partial charge in [-0.3, -0.25) is 9.69 Å². The molecular weight excluding hydrogens is 230 g/mol. The van der Waals surface area contributed by atoms with E-state index in [1.54, 1.807) is 0 Å². The van der Waals surface area contributed by atoms with Crippen LogP contribution in [0.5, 0.6) is 0 Å². The van der Waals surface area contributed by atoms with Gasteiger partial charge in [0.15, 0.2) is 5.78 Å². The second-order valence-corrected chi connectivity index (χ2v) is 6.97. The highest BCUT2D eigenvalue weighted by Crippen LogP contribution is 2.45. The maximum absolute atomic E-state index is 12.7. The molecule has 0 aromatic heterocycles. The van der Waals surface area contributed by atoms with Gasteiger partial charge < -0.3 is 9.84 Å². The highest BCUT2D eigenvalue weighted by Gasteiger charge is 2.58. The molecule has 104 valence electrons. The number of piperidine rings is 3. The second-order valence-electron chi connectivity index (χ2n) is 6.97. The molecular formula is C14H25NO3. The molecule has 1 atom stereocenters. The van der Waals surface area contributed by atoms with Gasteiger partial charge >= 0.3 is 0 Å². The minimum atomic E-state index is -0.807. The summed E-state index contributed by atoms with van der Waals surface area (Å²) in [5.41, 5.74) is -1.36. The van der Waals surface area contributed by atoms with Crippen molar-refractivity contribution < 1.29 is 14.6 Å². The zero-order valence-corrected chi connectivity index (χ0v) is 12.0. The molecule has 3 heterocycles. The summed E-state index contributed by atoms with van der Waals surface area (Å²) in [6, 6.07) is 0. The third kappa shape index (κ3) is 2.10. The van der Waals surface area contributed by atoms with Crippen LogP contribution in [0.1, 0.15) is 40.5 Å². The maximum atomic E-state index is 12.7. The number of hydrogen-bond donors (Lipinski definition) is 1. The van der Waals surface area contributed by atoms with Crippen LogP contribution in [-0.2, 0) is 9.53 Å². The lowest BCUT2D eigenvalue weighted by atomic mass is 9.64. The van der Waals surface area contributed by atoms with Crippen LogP contribution in [-0.4, -0.2) is 53.2 Å². The van der Waals surface area contributed by atoms with E-state index in [4.69, 9.17) is 4.74 Å². The minimum Gasteiger partial charge on any atom is -0.394 e. The predicted molar refractivity (Wildman–Crippen MR) is 69.4 cm³/mol. The Balaban J connectivity index is 2.23. The van der Waals surface area contributed by atoms with Crippen LogP contribution in [0.4, 0.5) is 0 Å². The van der Waals surface area contributed by atoms with E-state index in [2.05, 4.69) is 4.90 Å². The average molecular weight is 255 g/mol. The fraction of sp³-hybridized carbons (Fsp3) is 0.929. The molecule has 0 unspecified atom stereocenters. The molecule has 2 bridgehead atoms. The molecule has 3 fully saturated rings. The highest BCUT2D eigenvalue weighted by molar-refractivity contribution is 5.95. The van der Waals surface area contributed by atoms with Crippen molar-refractivity contribution in [1.82, 2.24) is 4.90 Å². The molecule has 3 saturated heterocycles. The fourth-order valence-corrected chi connectivity index (χ4v) is 3.07. The lowest BCUT2D eigenvalue weighted by Crippen LogP contribution is -2.72. The van der Waals surface area contributed by atoms with Gasteiger partial charge in [-0.25, -0.2) is 0 Å². The Kier molecular flexibility index (Phi) is 3.33. The normalized spacial score (nSPS) is 40.3. The Bertz CT molecular complexity index is 339. The van der Waals surface area contributed by atoms with Crippen molar-refractivity contribution in [1.29, 1.82) is 0 Å². The van der Waals surface area contributed by atoms with Crippen LogP contribution in [0.15, 0.2) is 0 Å². The van der Waals surface area contributed by atoms with E-state index in [1.165, 1.54) is 0 Å². The first-order chi connectivity index (χ1) is 8.23. The maximum Gasteiger partial charge on any atom is 0.163 e. The zero-order chi connectivity index (χ0) is 13.6. The number of hydrogen-bond acceptors (Lipinski definition) is 4. The third-order valence-electron chi connectivity index (χ3n) is 4.45. The molecule has 0 radical (unpaired) electrons. The lowest BCUT2D eigenvalue weighted by Gasteiger charge is -2.56. The lowest BCUT2D eigenvalue weighted by molar-refractivity contribution is -0.176. The summed E-state index contributed by atoms with van der Waals surface area (Å²) in [4.78, 5) is 14.8. The Morgan fingerprint density at radius 2 is 1.89 bits per heavy atom. The van der Waals surface area contributed by atoms with Gasteiger partial charge in [-0.05, 0) is 33.6 Å². The molecule has 0 aromatic carbocycles. The number of aliphatic hydroxyl groups excluding tert-OH is 1. The van der Waals surface area contributed by atoms with E-state index in [-0.39, 0.29) is 23.4 Å². The van der Waals surface area contributed by atoms with Gasteiger partial charge in [0.2, 0.25) is 0 Å². The number of ketones is 1. The van der Waals surface area contributed by atoms with Crippen LogP contribution in [0.25, 0.3) is 0 Å². The van der Waals surface area contributed by atoms with E-state index in [9.17, 15) is 9.90 Å². The van der Waals surface area contributed by atoms with Crippen LogP contribution in [0, 0.1) is 5.41 Å². The Morgan fingerprint density at radius 3 is 2.33 bits per heavy atom. The number of ether oxygens (including phenoxy) is 1. The standard InChI is InChI=1S/C14H25NO3/c1-12(2,3)18-10-14(9-16)11(17)13(4)5-7-15(14)8-6-13/h16H,5-10H2,1-4H3/t14-/m0/s1. The fourth-order valence-electron chi connectivity index (χ4n) is 3.07. The van der Waals surface area contributed by atoms with Crippen LogP contribution < -0.4 is 0 Å². The number of Topliss-reactive ketones (excluding diaryl/α,β-unsaturated/α-hetero) is 1. The van der Waals surface area contributed by atoms with Gasteiger partial charge in [0.25, 0.3) is 0 Å². The van der Waals surface area contributed by atoms with Crippen molar-refractivity contribution in [3.05, 3.63) is 0 Å². The van der Waals surface area contributed by atoms with Crippen molar-refractivity contribution in [2.24, 2.45) is 5.41 Å². The van der Waals surface area contributed by atoms with E-state index in [0.717, 1.165) is 25.9 Å². The molecule has 3 aliphatic heterocycles. The summed E-state index contributed by atoms with van der Waals surface area (Å²) in [6.45, 7) is 9.88. The van der Waals surface area contributed by atoms with Gasteiger partial charge in [-0.1, -0.05) is 6.92 Å². The molecule has 3 rings (SSSR count). The molecule has 0 spiro atoms. The van der Waals surface area contributed by atoms with Gasteiger partial charge in [-0.2, -0.15) is 0 Å². The minimum absolute atomic E-state index is 0.141. The zero-order valence-electron chi connectivity index (χ0n) is 12.0. The molecule has 0 saturated carbocycles. The quantitative estimate of drug-likeness (QED) is 0.824. The monoisotopic (exact) mass is 255 g/mol. The molecule has 1 N–H and O–H groups in total. The van der Waals surface area contributed by atoms with Crippen LogP contribution >= 0.6 is 0 Å². The molecule has 18 heavy (non-hydrogen) atoms. The van der Waals surface area contributed by atoms with Gasteiger partial charge in [0, 0.05) is 18.5 Å². The second kappa shape index (κ2) is 4.29. The molecule has 0 amide bonds. The first-order valence-corrected chi connectivity index (χ1v) is 6.78. The molecule has 3 aliphatic rings. The molecule has 0 aliphatic carbocycles. The Hall–Kier alpha value is -0.450. The Labute approximate surface area is 109 Å². The molecule has 4 nitrogen and oxygen atoms in total. The number of rotatable bonds is 3. The predicted octanol–water partition coefficient (Wildman–Crippen LogP) is 1.22. The average Bonchev–Trinajstić information content (AvgIpc) is 2.30. The first-order valence-electron chi connectivity index (χ1n) is 6.78. The van der Waals surface area contributed by atoms with E-state index in [0.29, 0.717) is 6.61 Å². The van der Waals surface area contributed by atoms with E-state index < -0.39 is 5.54 Å². The SMILES string of the molecule is CC(C)(C)OC[C@@]1(CO)C(=O)C2(C)CCN1CC2. The summed E-state index contributed by atoms with van der Waals surface area (Å²) < 4.78 is 5.81. The molecule has 0 aromatic rings. The van der Waals surface area contributed by atoms with E-state index >= 15 is 0 Å². The van der Waals surface area contributed by atoms with Crippen molar-refractivity contribution in [3.8, 4) is 0 Å². The summed E-state index contributed by atoms with van der Waals surface area (Å²) in [5, 5.41) is 9.80. The summed E-state index contributed by atoms with van der Waals surface area (Å²) in [6.07, 6.45) is 1.81. The Morgan fingerprint density at radius 1 is 1.33 bits per heavy atom. The topological polar surface area (TPSA) is 49.8 Å². The van der Waals surface area contributed by atoms with Gasteiger partial charge in [-0.15, -0.1) is 0 Å². The number of carbonyl (C=O) groups excluding carboxylic acids is 1. The van der Waals surface area contributed by atoms with Crippen LogP contribution in [0.2, 0.25) is 0 Å². The van der Waals surface area contributed by atoms with Gasteiger partial charge in [0.05, 0.1) is 18.8 Å². The van der Waals surface area contributed by atoms with Crippen LogP contribution in [0.3, 0.4) is 0 Å². The summed E-state index contributed by atoms with van der Waals surface area (Å²) >= 11 is 0. The van der Waals surface area contributed by atoms with Crippen molar-refractivity contribution in [2.75, 3.05) is 26.3 Å². The number of fused-ring (bicyclic) bond motifs is 3. The first kappa shape index (κ1) is 14.0. The summed E-state index contributed by atoms with van der Waals surface area (Å²) in [5.74, 6) is 0.166.